The zero-order chi connectivity index (χ0) is 8.39. The fourth-order valence-corrected chi connectivity index (χ4v) is 1.26. The second-order valence-electron chi connectivity index (χ2n) is 2.76. The van der Waals surface area contributed by atoms with Crippen LogP contribution in [-0.2, 0) is 4.74 Å². The van der Waals surface area contributed by atoms with Gasteiger partial charge in [-0.15, -0.1) is 0 Å². The van der Waals surface area contributed by atoms with Crippen molar-refractivity contribution in [3.63, 3.8) is 0 Å². The lowest BCUT2D eigenvalue weighted by molar-refractivity contribution is 0.122. The molecule has 0 bridgehead atoms. The Bertz CT molecular complexity index is 254. The minimum Gasteiger partial charge on any atom is -0.384 e. The topological polar surface area (TPSA) is 67.2 Å². The van der Waals surface area contributed by atoms with Crippen molar-refractivity contribution in [3.8, 4) is 0 Å². The van der Waals surface area contributed by atoms with E-state index in [9.17, 15) is 0 Å². The summed E-state index contributed by atoms with van der Waals surface area (Å²) in [5.41, 5.74) is 5.51. The highest BCUT2D eigenvalue weighted by atomic mass is 16.5. The van der Waals surface area contributed by atoms with Gasteiger partial charge in [-0.3, -0.25) is 0 Å². The van der Waals surface area contributed by atoms with Gasteiger partial charge in [-0.2, -0.15) is 0 Å². The molecule has 2 heterocycles. The Morgan fingerprint density at radius 2 is 2.25 bits per heavy atom. The first kappa shape index (κ1) is 7.42. The zero-order valence-corrected chi connectivity index (χ0v) is 6.79. The van der Waals surface area contributed by atoms with E-state index in [1.165, 1.54) is 0 Å². The van der Waals surface area contributed by atoms with E-state index in [2.05, 4.69) is 14.9 Å². The molecule has 1 fully saturated rings. The molecule has 0 unspecified atom stereocenters. The predicted molar refractivity (Wildman–Crippen MR) is 46.0 cm³/mol. The summed E-state index contributed by atoms with van der Waals surface area (Å²) in [6, 6.07) is 0. The average Bonchev–Trinajstić information content (AvgIpc) is 2.54. The Balaban J connectivity index is 2.08. The molecular formula is C7H12N4O. The number of morpholine rings is 1. The van der Waals surface area contributed by atoms with Gasteiger partial charge < -0.3 is 20.4 Å². The van der Waals surface area contributed by atoms with Crippen molar-refractivity contribution in [2.75, 3.05) is 36.9 Å². The van der Waals surface area contributed by atoms with Gasteiger partial charge in [-0.1, -0.05) is 0 Å². The summed E-state index contributed by atoms with van der Waals surface area (Å²) in [5, 5.41) is 0. The first-order valence-corrected chi connectivity index (χ1v) is 3.99. The average molecular weight is 168 g/mol. The van der Waals surface area contributed by atoms with E-state index < -0.39 is 0 Å². The van der Waals surface area contributed by atoms with E-state index in [1.54, 1.807) is 6.20 Å². The molecule has 5 heteroatoms. The Morgan fingerprint density at radius 3 is 2.83 bits per heavy atom. The third-order valence-electron chi connectivity index (χ3n) is 1.89. The summed E-state index contributed by atoms with van der Waals surface area (Å²) in [6.07, 6.45) is 1.63. The second-order valence-corrected chi connectivity index (χ2v) is 2.76. The number of imidazole rings is 1. The molecule has 1 aromatic rings. The molecule has 0 radical (unpaired) electrons. The van der Waals surface area contributed by atoms with E-state index >= 15 is 0 Å². The number of nitrogen functional groups attached to an aromatic ring is 1. The van der Waals surface area contributed by atoms with Gasteiger partial charge in [0.05, 0.1) is 19.4 Å². The Kier molecular flexibility index (Phi) is 1.87. The largest absolute Gasteiger partial charge is 0.384 e. The van der Waals surface area contributed by atoms with Gasteiger partial charge in [0.2, 0.25) is 5.95 Å². The summed E-state index contributed by atoms with van der Waals surface area (Å²) in [4.78, 5) is 9.24. The first-order chi connectivity index (χ1) is 5.86. The summed E-state index contributed by atoms with van der Waals surface area (Å²) in [6.45, 7) is 3.29. The molecule has 1 aliphatic heterocycles. The minimum atomic E-state index is 0.608. The van der Waals surface area contributed by atoms with Gasteiger partial charge >= 0.3 is 0 Å². The highest BCUT2D eigenvalue weighted by Gasteiger charge is 2.12. The molecule has 0 aliphatic carbocycles. The van der Waals surface area contributed by atoms with Gasteiger partial charge in [0.15, 0.2) is 0 Å². The molecule has 1 aliphatic rings. The van der Waals surface area contributed by atoms with Crippen LogP contribution >= 0.6 is 0 Å². The van der Waals surface area contributed by atoms with Crippen LogP contribution in [0.2, 0.25) is 0 Å². The van der Waals surface area contributed by atoms with Crippen LogP contribution in [0, 0.1) is 0 Å². The minimum absolute atomic E-state index is 0.608. The van der Waals surface area contributed by atoms with Crippen LogP contribution in [0.25, 0.3) is 0 Å². The molecule has 12 heavy (non-hydrogen) atoms. The maximum Gasteiger partial charge on any atom is 0.204 e. The number of aromatic amines is 1. The third-order valence-corrected chi connectivity index (χ3v) is 1.89. The number of rotatable bonds is 1. The molecule has 0 amide bonds. The molecule has 66 valence electrons. The van der Waals surface area contributed by atoms with Gasteiger partial charge in [0, 0.05) is 13.1 Å². The van der Waals surface area contributed by atoms with E-state index in [0.29, 0.717) is 5.82 Å². The van der Waals surface area contributed by atoms with Crippen LogP contribution in [0.3, 0.4) is 0 Å². The van der Waals surface area contributed by atoms with Crippen molar-refractivity contribution in [3.05, 3.63) is 6.20 Å². The quantitative estimate of drug-likeness (QED) is 0.611. The lowest BCUT2D eigenvalue weighted by Crippen LogP contribution is -2.36. The molecule has 5 nitrogen and oxygen atoms in total. The molecular weight excluding hydrogens is 156 g/mol. The molecule has 0 spiro atoms. The van der Waals surface area contributed by atoms with Gasteiger partial charge in [-0.05, 0) is 0 Å². The number of ether oxygens (including phenoxy) is 1. The number of aromatic nitrogens is 2. The van der Waals surface area contributed by atoms with Crippen molar-refractivity contribution < 1.29 is 4.74 Å². The fraction of sp³-hybridized carbons (Fsp3) is 0.571. The van der Waals surface area contributed by atoms with Crippen molar-refractivity contribution >= 4 is 11.8 Å². The van der Waals surface area contributed by atoms with Crippen molar-refractivity contribution in [1.29, 1.82) is 0 Å². The second kappa shape index (κ2) is 3.02. The third kappa shape index (κ3) is 1.35. The molecule has 3 N–H and O–H groups in total. The summed E-state index contributed by atoms with van der Waals surface area (Å²) in [5.74, 6) is 1.45. The lowest BCUT2D eigenvalue weighted by atomic mass is 10.4. The maximum atomic E-state index is 5.51. The number of hydrogen-bond acceptors (Lipinski definition) is 4. The van der Waals surface area contributed by atoms with E-state index in [1.807, 2.05) is 0 Å². The standard InChI is InChI=1S/C7H12N4O/c8-6-5-9-7(10-6)11-1-3-12-4-2-11/h5H,1-4,8H2,(H,9,10). The Hall–Kier alpha value is -1.23. The predicted octanol–water partition coefficient (Wildman–Crippen LogP) is -0.172. The van der Waals surface area contributed by atoms with Gasteiger partial charge in [-0.25, -0.2) is 4.98 Å². The molecule has 2 rings (SSSR count). The van der Waals surface area contributed by atoms with Crippen molar-refractivity contribution in [1.82, 2.24) is 9.97 Å². The SMILES string of the molecule is Nc1cnc(N2CCOCC2)[nH]1. The van der Waals surface area contributed by atoms with E-state index in [0.717, 1.165) is 32.3 Å². The summed E-state index contributed by atoms with van der Waals surface area (Å²) < 4.78 is 5.21. The Labute approximate surface area is 70.5 Å². The van der Waals surface area contributed by atoms with Crippen LogP contribution in [0.4, 0.5) is 11.8 Å². The van der Waals surface area contributed by atoms with E-state index in [4.69, 9.17) is 10.5 Å². The molecule has 0 saturated carbocycles. The van der Waals surface area contributed by atoms with E-state index in [-0.39, 0.29) is 0 Å². The number of nitrogens with one attached hydrogen (secondary N) is 1. The van der Waals surface area contributed by atoms with Crippen LogP contribution in [-0.4, -0.2) is 36.3 Å². The number of anilines is 2. The zero-order valence-electron chi connectivity index (χ0n) is 6.79. The number of nitrogens with zero attached hydrogens (tertiary/aromatic N) is 2. The fourth-order valence-electron chi connectivity index (χ4n) is 1.26. The highest BCUT2D eigenvalue weighted by Crippen LogP contribution is 2.11. The summed E-state index contributed by atoms with van der Waals surface area (Å²) in [7, 11) is 0. The lowest BCUT2D eigenvalue weighted by Gasteiger charge is -2.25. The van der Waals surface area contributed by atoms with Crippen molar-refractivity contribution in [2.24, 2.45) is 0 Å². The van der Waals surface area contributed by atoms with Crippen LogP contribution < -0.4 is 10.6 Å². The number of H-pyrrole nitrogens is 1. The first-order valence-electron chi connectivity index (χ1n) is 3.99. The van der Waals surface area contributed by atoms with Crippen LogP contribution in [0.5, 0.6) is 0 Å². The maximum absolute atomic E-state index is 5.51. The highest BCUT2D eigenvalue weighted by molar-refractivity contribution is 5.39. The van der Waals surface area contributed by atoms with Crippen LogP contribution in [0.1, 0.15) is 0 Å². The number of nitrogens with two attached hydrogens (primary N) is 1. The van der Waals surface area contributed by atoms with Gasteiger partial charge in [0.1, 0.15) is 5.82 Å². The molecule has 0 atom stereocenters. The number of hydrogen-bond donors (Lipinski definition) is 2. The van der Waals surface area contributed by atoms with Gasteiger partial charge in [0.25, 0.3) is 0 Å². The summed E-state index contributed by atoms with van der Waals surface area (Å²) >= 11 is 0. The normalized spacial score (nSPS) is 18.2. The smallest absolute Gasteiger partial charge is 0.204 e. The van der Waals surface area contributed by atoms with Crippen molar-refractivity contribution in [2.45, 2.75) is 0 Å². The molecule has 1 saturated heterocycles. The van der Waals surface area contributed by atoms with Crippen LogP contribution in [0.15, 0.2) is 6.20 Å². The molecule has 0 aromatic carbocycles. The molecule has 1 aromatic heterocycles. The Morgan fingerprint density at radius 1 is 1.50 bits per heavy atom. The monoisotopic (exact) mass is 168 g/mol.